The molecule has 0 aromatic heterocycles. The zero-order valence-corrected chi connectivity index (χ0v) is 5.68. The van der Waals surface area contributed by atoms with Gasteiger partial charge in [0.25, 0.3) is 0 Å². The zero-order chi connectivity index (χ0) is 8.10. The van der Waals surface area contributed by atoms with Gasteiger partial charge in [-0.1, -0.05) is 18.2 Å². The lowest BCUT2D eigenvalue weighted by molar-refractivity contribution is -0.338. The third-order valence-corrected chi connectivity index (χ3v) is 1.06. The Kier molecular flexibility index (Phi) is 2.32. The van der Waals surface area contributed by atoms with E-state index in [1.807, 2.05) is 6.07 Å². The highest BCUT2D eigenvalue weighted by Gasteiger charge is 1.91. The van der Waals surface area contributed by atoms with Gasteiger partial charge in [0.1, 0.15) is 0 Å². The molecule has 4 heteroatoms. The molecule has 0 aliphatic heterocycles. The minimum absolute atomic E-state index is 0.587. The van der Waals surface area contributed by atoms with E-state index < -0.39 is 4.92 Å². The van der Waals surface area contributed by atoms with E-state index in [2.05, 4.69) is 4.99 Å². The number of nitro groups is 1. The van der Waals surface area contributed by atoms with Crippen LogP contribution in [0.25, 0.3) is 0 Å². The molecule has 0 fully saturated rings. The van der Waals surface area contributed by atoms with Gasteiger partial charge in [-0.25, -0.2) is 0 Å². The monoisotopic (exact) mass is 150 g/mol. The van der Waals surface area contributed by atoms with Gasteiger partial charge >= 0.3 is 6.34 Å². The van der Waals surface area contributed by atoms with Crippen molar-refractivity contribution < 1.29 is 4.92 Å². The molecule has 1 rings (SSSR count). The van der Waals surface area contributed by atoms with E-state index in [1.54, 1.807) is 24.3 Å². The fourth-order valence-electron chi connectivity index (χ4n) is 0.628. The molecule has 0 amide bonds. The van der Waals surface area contributed by atoms with Crippen molar-refractivity contribution in [3.63, 3.8) is 0 Å². The molecule has 1 aromatic carbocycles. The second-order valence-electron chi connectivity index (χ2n) is 1.87. The molecule has 0 saturated heterocycles. The Morgan fingerprint density at radius 3 is 2.55 bits per heavy atom. The van der Waals surface area contributed by atoms with E-state index in [0.29, 0.717) is 12.0 Å². The molecule has 0 unspecified atom stereocenters. The number of benzene rings is 1. The van der Waals surface area contributed by atoms with Crippen molar-refractivity contribution in [3.8, 4) is 0 Å². The van der Waals surface area contributed by atoms with Crippen LogP contribution in [-0.2, 0) is 0 Å². The maximum atomic E-state index is 9.83. The average Bonchev–Trinajstić information content (AvgIpc) is 2.03. The summed E-state index contributed by atoms with van der Waals surface area (Å²) in [5.74, 6) is 0. The van der Waals surface area contributed by atoms with Gasteiger partial charge in [-0.2, -0.15) is 0 Å². The summed E-state index contributed by atoms with van der Waals surface area (Å²) in [6.07, 6.45) is 0.676. The van der Waals surface area contributed by atoms with E-state index in [-0.39, 0.29) is 0 Å². The quantitative estimate of drug-likeness (QED) is 0.278. The molecule has 0 spiro atoms. The normalized spacial score (nSPS) is 10.2. The lowest BCUT2D eigenvalue weighted by Crippen LogP contribution is -1.90. The number of hydrogen-bond acceptors (Lipinski definition) is 3. The van der Waals surface area contributed by atoms with Crippen LogP contribution in [0.3, 0.4) is 0 Å². The van der Waals surface area contributed by atoms with Gasteiger partial charge in [-0.15, -0.1) is 0 Å². The van der Waals surface area contributed by atoms with Crippen LogP contribution in [0.1, 0.15) is 0 Å². The third kappa shape index (κ3) is 2.57. The first-order valence-electron chi connectivity index (χ1n) is 3.02. The summed E-state index contributed by atoms with van der Waals surface area (Å²) in [5, 5.41) is 9.83. The molecule has 0 radical (unpaired) electrons. The van der Waals surface area contributed by atoms with Crippen molar-refractivity contribution in [3.05, 3.63) is 40.4 Å². The number of aliphatic imine (C=N–C) groups is 1. The summed E-state index contributed by atoms with van der Waals surface area (Å²) in [4.78, 5) is 12.8. The maximum Gasteiger partial charge on any atom is 0.327 e. The van der Waals surface area contributed by atoms with Crippen molar-refractivity contribution in [2.45, 2.75) is 0 Å². The summed E-state index contributed by atoms with van der Waals surface area (Å²) < 4.78 is 0. The Bertz CT molecular complexity index is 269. The highest BCUT2D eigenvalue weighted by atomic mass is 16.6. The molecule has 0 aliphatic carbocycles. The average molecular weight is 150 g/mol. The number of para-hydroxylation sites is 1. The Hall–Kier alpha value is -1.71. The van der Waals surface area contributed by atoms with E-state index in [1.165, 1.54) is 0 Å². The number of nitrogens with zero attached hydrogens (tertiary/aromatic N) is 2. The molecule has 11 heavy (non-hydrogen) atoms. The summed E-state index contributed by atoms with van der Waals surface area (Å²) in [7, 11) is 0. The van der Waals surface area contributed by atoms with Crippen molar-refractivity contribution >= 4 is 12.0 Å². The van der Waals surface area contributed by atoms with E-state index in [0.717, 1.165) is 0 Å². The first-order chi connectivity index (χ1) is 5.29. The van der Waals surface area contributed by atoms with Crippen LogP contribution in [0, 0.1) is 10.1 Å². The lowest BCUT2D eigenvalue weighted by atomic mass is 10.3. The van der Waals surface area contributed by atoms with Crippen molar-refractivity contribution in [1.82, 2.24) is 0 Å². The van der Waals surface area contributed by atoms with Crippen molar-refractivity contribution in [2.24, 2.45) is 4.99 Å². The SMILES string of the molecule is O=[N+]([O-])C=Nc1ccccc1. The van der Waals surface area contributed by atoms with Gasteiger partial charge < -0.3 is 10.1 Å². The molecule has 0 saturated carbocycles. The van der Waals surface area contributed by atoms with E-state index >= 15 is 0 Å². The smallest absolute Gasteiger partial charge is 0.327 e. The Morgan fingerprint density at radius 2 is 2.00 bits per heavy atom. The summed E-state index contributed by atoms with van der Waals surface area (Å²) in [6, 6.07) is 8.75. The zero-order valence-electron chi connectivity index (χ0n) is 5.68. The second kappa shape index (κ2) is 3.46. The highest BCUT2D eigenvalue weighted by Crippen LogP contribution is 2.07. The standard InChI is InChI=1S/C7H6N2O2/c10-9(11)6-8-7-4-2-1-3-5-7/h1-6H. The fourth-order valence-corrected chi connectivity index (χ4v) is 0.628. The molecule has 1 aromatic rings. The minimum atomic E-state index is -0.590. The van der Waals surface area contributed by atoms with Gasteiger partial charge in [0.05, 0.1) is 0 Å². The Labute approximate surface area is 63.3 Å². The van der Waals surface area contributed by atoms with Crippen LogP contribution in [0.15, 0.2) is 35.3 Å². The largest absolute Gasteiger partial charge is 0.358 e. The van der Waals surface area contributed by atoms with E-state index in [4.69, 9.17) is 0 Å². The predicted octanol–water partition coefficient (Wildman–Crippen LogP) is 1.62. The Balaban J connectivity index is 2.72. The molecule has 0 heterocycles. The van der Waals surface area contributed by atoms with Crippen LogP contribution in [0.2, 0.25) is 0 Å². The second-order valence-corrected chi connectivity index (χ2v) is 1.87. The van der Waals surface area contributed by atoms with Gasteiger partial charge in [-0.05, 0) is 22.0 Å². The lowest BCUT2D eigenvalue weighted by Gasteiger charge is -1.82. The number of rotatable bonds is 2. The van der Waals surface area contributed by atoms with Gasteiger partial charge in [-0.3, -0.25) is 0 Å². The Morgan fingerprint density at radius 1 is 1.36 bits per heavy atom. The summed E-state index contributed by atoms with van der Waals surface area (Å²) in [6.45, 7) is 0. The van der Waals surface area contributed by atoms with Crippen molar-refractivity contribution in [2.75, 3.05) is 0 Å². The molecule has 56 valence electrons. The molecule has 0 N–H and O–H groups in total. The highest BCUT2D eigenvalue weighted by molar-refractivity contribution is 5.53. The molecular formula is C7H6N2O2. The summed E-state index contributed by atoms with van der Waals surface area (Å²) in [5.41, 5.74) is 0.587. The van der Waals surface area contributed by atoms with Crippen LogP contribution >= 0.6 is 0 Å². The molecule has 0 aliphatic rings. The molecule has 4 nitrogen and oxygen atoms in total. The van der Waals surface area contributed by atoms with E-state index in [9.17, 15) is 10.1 Å². The first-order valence-corrected chi connectivity index (χ1v) is 3.02. The van der Waals surface area contributed by atoms with Crippen LogP contribution in [-0.4, -0.2) is 11.3 Å². The van der Waals surface area contributed by atoms with Crippen molar-refractivity contribution in [1.29, 1.82) is 0 Å². The summed E-state index contributed by atoms with van der Waals surface area (Å²) >= 11 is 0. The van der Waals surface area contributed by atoms with Gasteiger partial charge in [0, 0.05) is 0 Å². The molecular weight excluding hydrogens is 144 g/mol. The van der Waals surface area contributed by atoms with Crippen LogP contribution in [0.5, 0.6) is 0 Å². The fraction of sp³-hybridized carbons (Fsp3) is 0. The first kappa shape index (κ1) is 7.40. The maximum absolute atomic E-state index is 9.83. The van der Waals surface area contributed by atoms with Crippen LogP contribution in [0.4, 0.5) is 5.69 Å². The third-order valence-electron chi connectivity index (χ3n) is 1.06. The predicted molar refractivity (Wildman–Crippen MR) is 41.6 cm³/mol. The van der Waals surface area contributed by atoms with Crippen LogP contribution < -0.4 is 0 Å². The minimum Gasteiger partial charge on any atom is -0.358 e. The topological polar surface area (TPSA) is 55.5 Å². The van der Waals surface area contributed by atoms with Gasteiger partial charge in [0.2, 0.25) is 0 Å². The molecule has 0 atom stereocenters. The number of hydrogen-bond donors (Lipinski definition) is 0. The molecule has 0 bridgehead atoms. The van der Waals surface area contributed by atoms with Gasteiger partial charge in [0.15, 0.2) is 5.69 Å².